The highest BCUT2D eigenvalue weighted by Crippen LogP contribution is 2.33. The van der Waals surface area contributed by atoms with Crippen molar-refractivity contribution in [3.63, 3.8) is 0 Å². The van der Waals surface area contributed by atoms with Gasteiger partial charge in [0, 0.05) is 30.1 Å². The SMILES string of the molecule is O=C(CC1CC2CCC(C1)N2)N1CCOC(c2ccc(Cl)cc2)C1. The predicted octanol–water partition coefficient (Wildman–Crippen LogP) is 3.16. The minimum Gasteiger partial charge on any atom is -0.370 e. The van der Waals surface area contributed by atoms with E-state index in [1.165, 1.54) is 12.8 Å². The van der Waals surface area contributed by atoms with Gasteiger partial charge in [0.25, 0.3) is 0 Å². The van der Waals surface area contributed by atoms with Gasteiger partial charge in [0.2, 0.25) is 5.91 Å². The molecular formula is C19H25ClN2O2. The summed E-state index contributed by atoms with van der Waals surface area (Å²) < 4.78 is 5.87. The molecule has 0 aliphatic carbocycles. The van der Waals surface area contributed by atoms with E-state index in [1.807, 2.05) is 29.2 Å². The summed E-state index contributed by atoms with van der Waals surface area (Å²) in [5.41, 5.74) is 1.09. The maximum absolute atomic E-state index is 12.8. The number of amides is 1. The van der Waals surface area contributed by atoms with Gasteiger partial charge in [-0.15, -0.1) is 0 Å². The van der Waals surface area contributed by atoms with E-state index in [1.54, 1.807) is 0 Å². The topological polar surface area (TPSA) is 41.6 Å². The number of benzene rings is 1. The van der Waals surface area contributed by atoms with Gasteiger partial charge in [-0.05, 0) is 49.3 Å². The molecule has 1 aromatic rings. The van der Waals surface area contributed by atoms with Crippen molar-refractivity contribution in [1.82, 2.24) is 10.2 Å². The van der Waals surface area contributed by atoms with Gasteiger partial charge in [0.15, 0.2) is 0 Å². The highest BCUT2D eigenvalue weighted by atomic mass is 35.5. The zero-order valence-corrected chi connectivity index (χ0v) is 14.7. The summed E-state index contributed by atoms with van der Waals surface area (Å²) in [6.07, 6.45) is 5.55. The Kier molecular flexibility index (Phi) is 4.79. The molecule has 0 radical (unpaired) electrons. The summed E-state index contributed by atoms with van der Waals surface area (Å²) in [5.74, 6) is 0.844. The first-order chi connectivity index (χ1) is 11.7. The van der Waals surface area contributed by atoms with E-state index in [0.29, 0.717) is 50.0 Å². The van der Waals surface area contributed by atoms with Crippen LogP contribution in [0.4, 0.5) is 0 Å². The van der Waals surface area contributed by atoms with Crippen molar-refractivity contribution in [2.75, 3.05) is 19.7 Å². The molecule has 5 heteroatoms. The molecule has 2 bridgehead atoms. The van der Waals surface area contributed by atoms with Gasteiger partial charge in [-0.3, -0.25) is 4.79 Å². The van der Waals surface area contributed by atoms with Gasteiger partial charge in [-0.2, -0.15) is 0 Å². The number of morpholine rings is 1. The van der Waals surface area contributed by atoms with Crippen LogP contribution in [0.5, 0.6) is 0 Å². The Hall–Kier alpha value is -1.10. The van der Waals surface area contributed by atoms with Crippen LogP contribution < -0.4 is 5.32 Å². The van der Waals surface area contributed by atoms with Crippen molar-refractivity contribution in [3.05, 3.63) is 34.9 Å². The summed E-state index contributed by atoms with van der Waals surface area (Å²) in [4.78, 5) is 14.8. The van der Waals surface area contributed by atoms with Gasteiger partial charge < -0.3 is 15.0 Å². The molecule has 24 heavy (non-hydrogen) atoms. The molecule has 130 valence electrons. The molecule has 1 aromatic carbocycles. The van der Waals surface area contributed by atoms with Crippen LogP contribution >= 0.6 is 11.6 Å². The normalized spacial score (nSPS) is 32.8. The van der Waals surface area contributed by atoms with Gasteiger partial charge in [0.05, 0.1) is 13.2 Å². The molecule has 3 saturated heterocycles. The molecule has 0 spiro atoms. The van der Waals surface area contributed by atoms with Crippen LogP contribution in [-0.4, -0.2) is 42.6 Å². The lowest BCUT2D eigenvalue weighted by atomic mass is 9.89. The quantitative estimate of drug-likeness (QED) is 0.912. The third-order valence-corrected chi connectivity index (χ3v) is 5.95. The molecule has 4 nitrogen and oxygen atoms in total. The number of hydrogen-bond donors (Lipinski definition) is 1. The second-order valence-corrected chi connectivity index (χ2v) is 7.87. The Labute approximate surface area is 148 Å². The Morgan fingerprint density at radius 3 is 2.62 bits per heavy atom. The minimum atomic E-state index is -0.0378. The minimum absolute atomic E-state index is 0.0378. The second-order valence-electron chi connectivity index (χ2n) is 7.43. The van der Waals surface area contributed by atoms with Crippen LogP contribution in [0.1, 0.15) is 43.8 Å². The van der Waals surface area contributed by atoms with Crippen molar-refractivity contribution >= 4 is 17.5 Å². The number of rotatable bonds is 3. The fourth-order valence-corrected chi connectivity index (χ4v) is 4.60. The van der Waals surface area contributed by atoms with Crippen molar-refractivity contribution in [3.8, 4) is 0 Å². The average Bonchev–Trinajstić information content (AvgIpc) is 2.94. The third kappa shape index (κ3) is 3.61. The van der Waals surface area contributed by atoms with E-state index < -0.39 is 0 Å². The molecule has 1 amide bonds. The highest BCUT2D eigenvalue weighted by Gasteiger charge is 2.35. The van der Waals surface area contributed by atoms with E-state index in [-0.39, 0.29) is 6.10 Å². The maximum Gasteiger partial charge on any atom is 0.223 e. The molecule has 3 aliphatic rings. The zero-order chi connectivity index (χ0) is 16.5. The first-order valence-electron chi connectivity index (χ1n) is 9.08. The van der Waals surface area contributed by atoms with Crippen LogP contribution in [-0.2, 0) is 9.53 Å². The number of fused-ring (bicyclic) bond motifs is 2. The van der Waals surface area contributed by atoms with Crippen molar-refractivity contribution in [1.29, 1.82) is 0 Å². The van der Waals surface area contributed by atoms with Crippen LogP contribution in [0.2, 0.25) is 5.02 Å². The fourth-order valence-electron chi connectivity index (χ4n) is 4.47. The summed E-state index contributed by atoms with van der Waals surface area (Å²) >= 11 is 5.96. The molecule has 3 atom stereocenters. The summed E-state index contributed by atoms with van der Waals surface area (Å²) in [6, 6.07) is 9.04. The summed E-state index contributed by atoms with van der Waals surface area (Å²) in [7, 11) is 0. The Balaban J connectivity index is 1.35. The number of halogens is 1. The van der Waals surface area contributed by atoms with Crippen LogP contribution in [0.25, 0.3) is 0 Å². The molecule has 0 saturated carbocycles. The van der Waals surface area contributed by atoms with Gasteiger partial charge >= 0.3 is 0 Å². The van der Waals surface area contributed by atoms with E-state index in [2.05, 4.69) is 5.32 Å². The van der Waals surface area contributed by atoms with E-state index >= 15 is 0 Å². The lowest BCUT2D eigenvalue weighted by Crippen LogP contribution is -2.44. The second kappa shape index (κ2) is 7.03. The molecule has 4 rings (SSSR count). The molecule has 3 heterocycles. The van der Waals surface area contributed by atoms with Gasteiger partial charge in [0.1, 0.15) is 6.10 Å². The van der Waals surface area contributed by atoms with Crippen LogP contribution in [0.3, 0.4) is 0 Å². The smallest absolute Gasteiger partial charge is 0.223 e. The standard InChI is InChI=1S/C19H25ClN2O2/c20-15-3-1-14(2-4-15)18-12-22(7-8-24-18)19(23)11-13-9-16-5-6-17(10-13)21-16/h1-4,13,16-18,21H,5-12H2. The van der Waals surface area contributed by atoms with E-state index in [4.69, 9.17) is 16.3 Å². The fraction of sp³-hybridized carbons (Fsp3) is 0.632. The van der Waals surface area contributed by atoms with E-state index in [0.717, 1.165) is 23.4 Å². The monoisotopic (exact) mass is 348 g/mol. The predicted molar refractivity (Wildman–Crippen MR) is 94.0 cm³/mol. The number of nitrogens with zero attached hydrogens (tertiary/aromatic N) is 1. The molecule has 1 N–H and O–H groups in total. The maximum atomic E-state index is 12.8. The molecule has 3 unspecified atom stereocenters. The third-order valence-electron chi connectivity index (χ3n) is 5.69. The number of hydrogen-bond acceptors (Lipinski definition) is 3. The molecular weight excluding hydrogens is 324 g/mol. The molecule has 3 aliphatic heterocycles. The number of carbonyl (C=O) groups is 1. The van der Waals surface area contributed by atoms with Crippen LogP contribution in [0.15, 0.2) is 24.3 Å². The average molecular weight is 349 g/mol. The van der Waals surface area contributed by atoms with Gasteiger partial charge in [-0.1, -0.05) is 23.7 Å². The van der Waals surface area contributed by atoms with Crippen molar-refractivity contribution in [2.45, 2.75) is 50.3 Å². The number of carbonyl (C=O) groups excluding carboxylic acids is 1. The lowest BCUT2D eigenvalue weighted by Gasteiger charge is -2.35. The molecule has 3 fully saturated rings. The van der Waals surface area contributed by atoms with Crippen LogP contribution in [0, 0.1) is 5.92 Å². The zero-order valence-electron chi connectivity index (χ0n) is 13.9. The van der Waals surface area contributed by atoms with E-state index in [9.17, 15) is 4.79 Å². The first-order valence-corrected chi connectivity index (χ1v) is 9.46. The Bertz CT molecular complexity index is 580. The highest BCUT2D eigenvalue weighted by molar-refractivity contribution is 6.30. The Morgan fingerprint density at radius 2 is 1.92 bits per heavy atom. The largest absolute Gasteiger partial charge is 0.370 e. The summed E-state index contributed by atoms with van der Waals surface area (Å²) in [6.45, 7) is 1.97. The number of nitrogens with one attached hydrogen (secondary N) is 1. The number of ether oxygens (including phenoxy) is 1. The van der Waals surface area contributed by atoms with Gasteiger partial charge in [-0.25, -0.2) is 0 Å². The van der Waals surface area contributed by atoms with Crippen molar-refractivity contribution in [2.24, 2.45) is 5.92 Å². The number of piperidine rings is 1. The molecule has 0 aromatic heterocycles. The van der Waals surface area contributed by atoms with Crippen molar-refractivity contribution < 1.29 is 9.53 Å². The lowest BCUT2D eigenvalue weighted by molar-refractivity contribution is -0.140. The first kappa shape index (κ1) is 16.4. The Morgan fingerprint density at radius 1 is 1.21 bits per heavy atom. The summed E-state index contributed by atoms with van der Waals surface area (Å²) in [5, 5.41) is 4.38.